The zero-order valence-electron chi connectivity index (χ0n) is 15.0. The average Bonchev–Trinajstić information content (AvgIpc) is 2.51. The summed E-state index contributed by atoms with van der Waals surface area (Å²) in [5, 5.41) is 3.42. The Balaban J connectivity index is 1.77. The maximum Gasteiger partial charge on any atom is 0.193 e. The van der Waals surface area contributed by atoms with Gasteiger partial charge in [0.25, 0.3) is 0 Å². The van der Waals surface area contributed by atoms with Gasteiger partial charge in [-0.2, -0.15) is 0 Å². The van der Waals surface area contributed by atoms with Crippen molar-refractivity contribution in [2.24, 2.45) is 10.9 Å². The number of aliphatic imine (C=N–C) groups is 1. The van der Waals surface area contributed by atoms with Crippen molar-refractivity contribution in [3.8, 4) is 0 Å². The first-order chi connectivity index (χ1) is 10.9. The molecular formula is C17H33N3O2S. The molecule has 0 aromatic heterocycles. The van der Waals surface area contributed by atoms with Crippen LogP contribution in [-0.2, 0) is 9.84 Å². The lowest BCUT2D eigenvalue weighted by Gasteiger charge is -2.39. The number of nitrogens with zero attached hydrogens (tertiary/aromatic N) is 2. The van der Waals surface area contributed by atoms with Crippen molar-refractivity contribution < 1.29 is 8.42 Å². The molecule has 0 aromatic carbocycles. The predicted octanol–water partition coefficient (Wildman–Crippen LogP) is 2.43. The molecule has 0 aromatic rings. The minimum Gasteiger partial charge on any atom is -0.356 e. The highest BCUT2D eigenvalue weighted by Crippen LogP contribution is 2.27. The van der Waals surface area contributed by atoms with Crippen molar-refractivity contribution >= 4 is 15.8 Å². The Kier molecular flexibility index (Phi) is 6.34. The van der Waals surface area contributed by atoms with Crippen molar-refractivity contribution in [3.63, 3.8) is 0 Å². The van der Waals surface area contributed by atoms with Gasteiger partial charge in [0.2, 0.25) is 0 Å². The van der Waals surface area contributed by atoms with Crippen molar-refractivity contribution in [2.45, 2.75) is 63.5 Å². The average molecular weight is 344 g/mol. The van der Waals surface area contributed by atoms with Crippen molar-refractivity contribution in [3.05, 3.63) is 0 Å². The van der Waals surface area contributed by atoms with Crippen LogP contribution in [0, 0.1) is 5.92 Å². The normalized spacial score (nSPS) is 25.3. The van der Waals surface area contributed by atoms with E-state index >= 15 is 0 Å². The number of hydrogen-bond acceptors (Lipinski definition) is 3. The van der Waals surface area contributed by atoms with Gasteiger partial charge < -0.3 is 10.2 Å². The summed E-state index contributed by atoms with van der Waals surface area (Å²) in [5.74, 6) is 1.96. The number of rotatable bonds is 4. The summed E-state index contributed by atoms with van der Waals surface area (Å²) in [5.41, 5.74) is 0. The molecule has 2 fully saturated rings. The Bertz CT molecular complexity index is 508. The highest BCUT2D eigenvalue weighted by molar-refractivity contribution is 7.92. The molecule has 1 N–H and O–H groups in total. The molecule has 1 heterocycles. The molecule has 6 heteroatoms. The minimum atomic E-state index is -3.00. The molecule has 1 saturated carbocycles. The Labute approximate surface area is 141 Å². The molecule has 0 amide bonds. The standard InChI is InChI=1S/C17H33N3O2S/c1-17(2)14-20(12-13-23(17,21)22)16(18-3)19-11-7-10-15-8-5-4-6-9-15/h15H,4-14H2,1-3H3,(H,18,19). The van der Waals surface area contributed by atoms with Gasteiger partial charge in [-0.15, -0.1) is 0 Å². The summed E-state index contributed by atoms with van der Waals surface area (Å²) in [6.45, 7) is 5.59. The van der Waals surface area contributed by atoms with E-state index in [0.29, 0.717) is 13.1 Å². The summed E-state index contributed by atoms with van der Waals surface area (Å²) in [7, 11) is -1.22. The van der Waals surface area contributed by atoms with E-state index in [1.807, 2.05) is 13.8 Å². The number of nitrogens with one attached hydrogen (secondary N) is 1. The quantitative estimate of drug-likeness (QED) is 0.484. The SMILES string of the molecule is CN=C(NCCCC1CCCCC1)N1CCS(=O)(=O)C(C)(C)C1. The van der Waals surface area contributed by atoms with Crippen LogP contribution in [0.25, 0.3) is 0 Å². The van der Waals surface area contributed by atoms with Gasteiger partial charge in [-0.05, 0) is 32.6 Å². The summed E-state index contributed by atoms with van der Waals surface area (Å²) < 4.78 is 23.5. The molecule has 0 unspecified atom stereocenters. The van der Waals surface area contributed by atoms with Crippen LogP contribution in [0.15, 0.2) is 4.99 Å². The molecule has 5 nitrogen and oxygen atoms in total. The van der Waals surface area contributed by atoms with E-state index in [4.69, 9.17) is 0 Å². The van der Waals surface area contributed by atoms with E-state index < -0.39 is 14.6 Å². The van der Waals surface area contributed by atoms with Crippen LogP contribution in [0.4, 0.5) is 0 Å². The maximum absolute atomic E-state index is 12.1. The van der Waals surface area contributed by atoms with E-state index in [0.717, 1.165) is 18.4 Å². The highest BCUT2D eigenvalue weighted by Gasteiger charge is 2.40. The minimum absolute atomic E-state index is 0.211. The fraction of sp³-hybridized carbons (Fsp3) is 0.941. The first-order valence-electron chi connectivity index (χ1n) is 9.03. The van der Waals surface area contributed by atoms with Gasteiger partial charge in [0.15, 0.2) is 15.8 Å². The van der Waals surface area contributed by atoms with Crippen LogP contribution in [0.1, 0.15) is 58.8 Å². The Morgan fingerprint density at radius 2 is 1.96 bits per heavy atom. The molecule has 134 valence electrons. The van der Waals surface area contributed by atoms with Crippen LogP contribution in [0.5, 0.6) is 0 Å². The van der Waals surface area contributed by atoms with Crippen molar-refractivity contribution in [1.29, 1.82) is 0 Å². The maximum atomic E-state index is 12.1. The van der Waals surface area contributed by atoms with E-state index in [2.05, 4.69) is 15.2 Å². The fourth-order valence-corrected chi connectivity index (χ4v) is 5.09. The van der Waals surface area contributed by atoms with Crippen LogP contribution in [0.3, 0.4) is 0 Å². The van der Waals surface area contributed by atoms with Gasteiger partial charge in [0, 0.05) is 26.7 Å². The zero-order valence-corrected chi connectivity index (χ0v) is 15.8. The Morgan fingerprint density at radius 1 is 1.26 bits per heavy atom. The van der Waals surface area contributed by atoms with E-state index in [9.17, 15) is 8.42 Å². The summed E-state index contributed by atoms with van der Waals surface area (Å²) in [4.78, 5) is 6.43. The molecule has 2 aliphatic rings. The topological polar surface area (TPSA) is 61.8 Å². The molecule has 1 aliphatic heterocycles. The molecule has 1 aliphatic carbocycles. The van der Waals surface area contributed by atoms with Gasteiger partial charge in [-0.25, -0.2) is 8.42 Å². The zero-order chi connectivity index (χ0) is 16.9. The first kappa shape index (κ1) is 18.6. The summed E-state index contributed by atoms with van der Waals surface area (Å²) in [6, 6.07) is 0. The molecule has 0 bridgehead atoms. The summed E-state index contributed by atoms with van der Waals surface area (Å²) >= 11 is 0. The van der Waals surface area contributed by atoms with Crippen LogP contribution in [0.2, 0.25) is 0 Å². The van der Waals surface area contributed by atoms with Crippen LogP contribution < -0.4 is 5.32 Å². The largest absolute Gasteiger partial charge is 0.356 e. The van der Waals surface area contributed by atoms with Gasteiger partial charge in [0.05, 0.1) is 10.5 Å². The predicted molar refractivity (Wildman–Crippen MR) is 96.6 cm³/mol. The van der Waals surface area contributed by atoms with E-state index in [1.54, 1.807) is 7.05 Å². The number of hydrogen-bond donors (Lipinski definition) is 1. The van der Waals surface area contributed by atoms with E-state index in [-0.39, 0.29) is 5.75 Å². The molecule has 2 rings (SSSR count). The van der Waals surface area contributed by atoms with Gasteiger partial charge in [-0.1, -0.05) is 32.1 Å². The highest BCUT2D eigenvalue weighted by atomic mass is 32.2. The second kappa shape index (κ2) is 7.86. The van der Waals surface area contributed by atoms with Crippen LogP contribution in [-0.4, -0.2) is 56.5 Å². The van der Waals surface area contributed by atoms with Crippen LogP contribution >= 0.6 is 0 Å². The third kappa shape index (κ3) is 4.85. The third-order valence-electron chi connectivity index (χ3n) is 5.35. The number of guanidine groups is 1. The third-order valence-corrected chi connectivity index (χ3v) is 7.88. The monoisotopic (exact) mass is 343 g/mol. The lowest BCUT2D eigenvalue weighted by Crippen LogP contribution is -2.57. The molecular weight excluding hydrogens is 310 g/mol. The molecule has 0 atom stereocenters. The second-order valence-electron chi connectivity index (χ2n) is 7.62. The molecule has 0 spiro atoms. The van der Waals surface area contributed by atoms with Crippen molar-refractivity contribution in [1.82, 2.24) is 10.2 Å². The molecule has 23 heavy (non-hydrogen) atoms. The van der Waals surface area contributed by atoms with Gasteiger partial charge in [0.1, 0.15) is 0 Å². The van der Waals surface area contributed by atoms with Gasteiger partial charge in [-0.3, -0.25) is 4.99 Å². The Hall–Kier alpha value is -0.780. The first-order valence-corrected chi connectivity index (χ1v) is 10.7. The second-order valence-corrected chi connectivity index (χ2v) is 10.4. The smallest absolute Gasteiger partial charge is 0.193 e. The number of sulfone groups is 1. The summed E-state index contributed by atoms with van der Waals surface area (Å²) in [6.07, 6.45) is 9.46. The fourth-order valence-electron chi connectivity index (χ4n) is 3.72. The molecule has 1 saturated heterocycles. The lowest BCUT2D eigenvalue weighted by molar-refractivity contribution is 0.329. The Morgan fingerprint density at radius 3 is 2.57 bits per heavy atom. The van der Waals surface area contributed by atoms with Crippen molar-refractivity contribution in [2.75, 3.05) is 32.4 Å². The molecule has 0 radical (unpaired) electrons. The lowest BCUT2D eigenvalue weighted by atomic mass is 9.86. The van der Waals surface area contributed by atoms with E-state index in [1.165, 1.54) is 44.9 Å². The van der Waals surface area contributed by atoms with Gasteiger partial charge >= 0.3 is 0 Å².